The van der Waals surface area contributed by atoms with E-state index in [0.717, 1.165) is 24.3 Å². The molecule has 0 atom stereocenters. The number of nitrogens with one attached hydrogen (secondary N) is 2. The van der Waals surface area contributed by atoms with Crippen LogP contribution in [0.1, 0.15) is 22.2 Å². The van der Waals surface area contributed by atoms with Gasteiger partial charge in [-0.2, -0.15) is 0 Å². The number of carbonyl (C=O) groups is 1. The van der Waals surface area contributed by atoms with Gasteiger partial charge in [0, 0.05) is 12.2 Å². The number of thiophene rings is 1. The fourth-order valence-corrected chi connectivity index (χ4v) is 2.61. The van der Waals surface area contributed by atoms with E-state index in [1.807, 2.05) is 29.6 Å². The van der Waals surface area contributed by atoms with E-state index in [9.17, 15) is 4.79 Å². The summed E-state index contributed by atoms with van der Waals surface area (Å²) in [5, 5.41) is 8.06. The smallest absolute Gasteiger partial charge is 0.269 e. The second-order valence-corrected chi connectivity index (χ2v) is 5.13. The topological polar surface area (TPSA) is 50.4 Å². The number of para-hydroxylation sites is 1. The summed E-state index contributed by atoms with van der Waals surface area (Å²) in [4.78, 5) is 12.9. The first kappa shape index (κ1) is 17.5. The molecule has 0 saturated heterocycles. The third kappa shape index (κ3) is 4.46. The van der Waals surface area contributed by atoms with E-state index < -0.39 is 0 Å². The molecule has 0 fully saturated rings. The minimum Gasteiger partial charge on any atom is -0.495 e. The Morgan fingerprint density at radius 2 is 2.05 bits per heavy atom. The van der Waals surface area contributed by atoms with E-state index >= 15 is 0 Å². The van der Waals surface area contributed by atoms with Crippen molar-refractivity contribution in [2.75, 3.05) is 19.0 Å². The van der Waals surface area contributed by atoms with Crippen molar-refractivity contribution in [1.82, 2.24) is 5.32 Å². The van der Waals surface area contributed by atoms with Gasteiger partial charge in [-0.3, -0.25) is 4.79 Å². The van der Waals surface area contributed by atoms with Gasteiger partial charge in [0.1, 0.15) is 10.6 Å². The maximum atomic E-state index is 12.3. The number of benzene rings is 1. The van der Waals surface area contributed by atoms with Gasteiger partial charge in [0.2, 0.25) is 0 Å². The lowest BCUT2D eigenvalue weighted by atomic mass is 10.1. The maximum absolute atomic E-state index is 12.3. The zero-order chi connectivity index (χ0) is 14.4. The Hall–Kier alpha value is -1.56. The number of carbonyl (C=O) groups excluding carboxylic acids is 1. The van der Waals surface area contributed by atoms with Crippen LogP contribution in [-0.2, 0) is 6.54 Å². The molecule has 1 aromatic heterocycles. The summed E-state index contributed by atoms with van der Waals surface area (Å²) in [7, 11) is 1.57. The van der Waals surface area contributed by atoms with Crippen LogP contribution < -0.4 is 15.4 Å². The van der Waals surface area contributed by atoms with Crippen molar-refractivity contribution >= 4 is 35.3 Å². The zero-order valence-electron chi connectivity index (χ0n) is 12.0. The molecule has 21 heavy (non-hydrogen) atoms. The van der Waals surface area contributed by atoms with Gasteiger partial charge in [0.25, 0.3) is 5.91 Å². The van der Waals surface area contributed by atoms with Gasteiger partial charge in [0.15, 0.2) is 0 Å². The molecule has 2 rings (SSSR count). The molecule has 0 spiro atoms. The van der Waals surface area contributed by atoms with Crippen LogP contribution in [0.4, 0.5) is 5.69 Å². The molecule has 1 amide bonds. The molecule has 0 bridgehead atoms. The lowest BCUT2D eigenvalue weighted by Gasteiger charge is -2.11. The lowest BCUT2D eigenvalue weighted by Crippen LogP contribution is -2.16. The minimum atomic E-state index is -0.138. The normalized spacial score (nSPS) is 9.81. The maximum Gasteiger partial charge on any atom is 0.269 e. The quantitative estimate of drug-likeness (QED) is 0.853. The number of ether oxygens (including phenoxy) is 1. The molecule has 2 N–H and O–H groups in total. The second kappa shape index (κ2) is 8.67. The summed E-state index contributed by atoms with van der Waals surface area (Å²) in [6.07, 6.45) is 0. The van der Waals surface area contributed by atoms with Crippen molar-refractivity contribution in [3.63, 3.8) is 0 Å². The Labute approximate surface area is 134 Å². The van der Waals surface area contributed by atoms with E-state index in [-0.39, 0.29) is 18.3 Å². The molecule has 0 saturated carbocycles. The molecule has 4 nitrogen and oxygen atoms in total. The van der Waals surface area contributed by atoms with E-state index in [1.165, 1.54) is 11.3 Å². The number of hydrogen-bond acceptors (Lipinski definition) is 4. The van der Waals surface area contributed by atoms with E-state index in [1.54, 1.807) is 13.2 Å². The van der Waals surface area contributed by atoms with Gasteiger partial charge in [0.05, 0.1) is 7.11 Å². The predicted molar refractivity (Wildman–Crippen MR) is 89.9 cm³/mol. The van der Waals surface area contributed by atoms with Crippen LogP contribution in [0.25, 0.3) is 0 Å². The molecular formula is C15H19ClN2O2S. The summed E-state index contributed by atoms with van der Waals surface area (Å²) >= 11 is 1.37. The van der Waals surface area contributed by atoms with Crippen molar-refractivity contribution < 1.29 is 9.53 Å². The van der Waals surface area contributed by atoms with Crippen LogP contribution in [0.15, 0.2) is 35.7 Å². The Bertz CT molecular complexity index is 587. The van der Waals surface area contributed by atoms with Crippen molar-refractivity contribution in [2.45, 2.75) is 13.5 Å². The highest BCUT2D eigenvalue weighted by Gasteiger charge is 2.15. The van der Waals surface area contributed by atoms with Crippen LogP contribution in [0.2, 0.25) is 0 Å². The standard InChI is InChI=1S/C15H18N2O2S.ClH/c1-3-16-10-11-6-4-5-7-12(11)17-15(18)14-13(19-2)8-9-20-14;/h4-9,16H,3,10H2,1-2H3,(H,17,18);1H. The van der Waals surface area contributed by atoms with Crippen LogP contribution >= 0.6 is 23.7 Å². The molecular weight excluding hydrogens is 308 g/mol. The Kier molecular flexibility index (Phi) is 7.22. The third-order valence-corrected chi connectivity index (χ3v) is 3.78. The highest BCUT2D eigenvalue weighted by atomic mass is 35.5. The van der Waals surface area contributed by atoms with Crippen LogP contribution in [0.3, 0.4) is 0 Å². The molecule has 0 radical (unpaired) electrons. The zero-order valence-corrected chi connectivity index (χ0v) is 13.6. The van der Waals surface area contributed by atoms with Gasteiger partial charge in [-0.1, -0.05) is 25.1 Å². The van der Waals surface area contributed by atoms with Crippen molar-refractivity contribution in [3.05, 3.63) is 46.2 Å². The average molecular weight is 327 g/mol. The Balaban J connectivity index is 0.00000220. The summed E-state index contributed by atoms with van der Waals surface area (Å²) in [5.41, 5.74) is 1.90. The van der Waals surface area contributed by atoms with Crippen LogP contribution in [-0.4, -0.2) is 19.6 Å². The van der Waals surface area contributed by atoms with Crippen molar-refractivity contribution in [1.29, 1.82) is 0 Å². The summed E-state index contributed by atoms with van der Waals surface area (Å²) in [6, 6.07) is 9.59. The van der Waals surface area contributed by atoms with Crippen molar-refractivity contribution in [2.24, 2.45) is 0 Å². The fourth-order valence-electron chi connectivity index (χ4n) is 1.86. The van der Waals surface area contributed by atoms with Gasteiger partial charge in [-0.25, -0.2) is 0 Å². The molecule has 6 heteroatoms. The summed E-state index contributed by atoms with van der Waals surface area (Å²) in [6.45, 7) is 3.67. The molecule has 1 heterocycles. The minimum absolute atomic E-state index is 0. The monoisotopic (exact) mass is 326 g/mol. The molecule has 114 valence electrons. The van der Waals surface area contributed by atoms with Crippen molar-refractivity contribution in [3.8, 4) is 5.75 Å². The molecule has 0 aliphatic heterocycles. The third-order valence-electron chi connectivity index (χ3n) is 2.89. The van der Waals surface area contributed by atoms with E-state index in [0.29, 0.717) is 10.6 Å². The molecule has 1 aromatic carbocycles. The van der Waals surface area contributed by atoms with Crippen LogP contribution in [0, 0.1) is 0 Å². The molecule has 0 aliphatic rings. The molecule has 0 aliphatic carbocycles. The average Bonchev–Trinajstić information content (AvgIpc) is 2.95. The predicted octanol–water partition coefficient (Wildman–Crippen LogP) is 3.54. The number of hydrogen-bond donors (Lipinski definition) is 2. The summed E-state index contributed by atoms with van der Waals surface area (Å²) < 4.78 is 5.18. The number of methoxy groups -OCH3 is 1. The van der Waals surface area contributed by atoms with Gasteiger partial charge in [-0.15, -0.1) is 23.7 Å². The van der Waals surface area contributed by atoms with Gasteiger partial charge in [-0.05, 0) is 29.6 Å². The Morgan fingerprint density at radius 3 is 2.76 bits per heavy atom. The first-order valence-corrected chi connectivity index (χ1v) is 7.35. The number of halogens is 1. The summed E-state index contributed by atoms with van der Waals surface area (Å²) in [5.74, 6) is 0.470. The van der Waals surface area contributed by atoms with Gasteiger partial charge >= 0.3 is 0 Å². The van der Waals surface area contributed by atoms with E-state index in [4.69, 9.17) is 4.74 Å². The van der Waals surface area contributed by atoms with Gasteiger partial charge < -0.3 is 15.4 Å². The molecule has 0 unspecified atom stereocenters. The lowest BCUT2D eigenvalue weighted by molar-refractivity contribution is 0.102. The Morgan fingerprint density at radius 1 is 1.29 bits per heavy atom. The first-order valence-electron chi connectivity index (χ1n) is 6.47. The van der Waals surface area contributed by atoms with Crippen LogP contribution in [0.5, 0.6) is 5.75 Å². The first-order chi connectivity index (χ1) is 9.76. The number of rotatable bonds is 6. The molecule has 2 aromatic rings. The largest absolute Gasteiger partial charge is 0.495 e. The van der Waals surface area contributed by atoms with E-state index in [2.05, 4.69) is 17.6 Å². The number of amides is 1. The highest BCUT2D eigenvalue weighted by molar-refractivity contribution is 7.12. The SMILES string of the molecule is CCNCc1ccccc1NC(=O)c1sccc1OC.Cl. The number of anilines is 1. The highest BCUT2D eigenvalue weighted by Crippen LogP contribution is 2.26. The second-order valence-electron chi connectivity index (χ2n) is 4.21. The fraction of sp³-hybridized carbons (Fsp3) is 0.267.